The molecule has 0 saturated carbocycles. The van der Waals surface area contributed by atoms with Crippen LogP contribution in [0.25, 0.3) is 0 Å². The van der Waals surface area contributed by atoms with Gasteiger partial charge in [0, 0.05) is 12.1 Å². The summed E-state index contributed by atoms with van der Waals surface area (Å²) in [6.45, 7) is 1.88. The minimum atomic E-state index is -0.190. The van der Waals surface area contributed by atoms with Crippen LogP contribution in [0.4, 0.5) is 0 Å². The van der Waals surface area contributed by atoms with Crippen LogP contribution >= 0.6 is 0 Å². The maximum Gasteiger partial charge on any atom is 0.161 e. The molecule has 4 heteroatoms. The highest BCUT2D eigenvalue weighted by Gasteiger charge is 2.13. The van der Waals surface area contributed by atoms with Crippen LogP contribution in [0.1, 0.15) is 18.5 Å². The maximum absolute atomic E-state index is 5.93. The fraction of sp³-hybridized carbons (Fsp3) is 0.455. The lowest BCUT2D eigenvalue weighted by Crippen LogP contribution is -2.31. The van der Waals surface area contributed by atoms with Crippen LogP contribution in [-0.2, 0) is 0 Å². The van der Waals surface area contributed by atoms with Crippen molar-refractivity contribution in [2.45, 2.75) is 19.0 Å². The van der Waals surface area contributed by atoms with Crippen LogP contribution in [0.3, 0.4) is 0 Å². The zero-order valence-corrected chi connectivity index (χ0v) is 9.36. The number of rotatable bonds is 4. The van der Waals surface area contributed by atoms with Gasteiger partial charge in [0.2, 0.25) is 0 Å². The average molecular weight is 210 g/mol. The molecular formula is C11H18N2O2. The highest BCUT2D eigenvalue weighted by Crippen LogP contribution is 2.29. The average Bonchev–Trinajstić information content (AvgIpc) is 2.26. The van der Waals surface area contributed by atoms with E-state index >= 15 is 0 Å². The minimum absolute atomic E-state index is 0.0944. The normalized spacial score (nSPS) is 14.5. The Morgan fingerprint density at radius 1 is 1.07 bits per heavy atom. The van der Waals surface area contributed by atoms with Crippen LogP contribution in [0, 0.1) is 0 Å². The number of hydrogen-bond acceptors (Lipinski definition) is 4. The number of hydrogen-bond donors (Lipinski definition) is 2. The highest BCUT2D eigenvalue weighted by atomic mass is 16.5. The van der Waals surface area contributed by atoms with E-state index in [1.165, 1.54) is 0 Å². The molecule has 2 atom stereocenters. The Hall–Kier alpha value is -1.26. The first kappa shape index (κ1) is 11.8. The quantitative estimate of drug-likeness (QED) is 0.779. The second-order valence-corrected chi connectivity index (χ2v) is 3.50. The van der Waals surface area contributed by atoms with E-state index in [4.69, 9.17) is 20.9 Å². The number of methoxy groups -OCH3 is 2. The van der Waals surface area contributed by atoms with Crippen molar-refractivity contribution in [3.05, 3.63) is 23.8 Å². The molecule has 0 radical (unpaired) electrons. The molecular weight excluding hydrogens is 192 g/mol. The fourth-order valence-corrected chi connectivity index (χ4v) is 1.36. The van der Waals surface area contributed by atoms with Gasteiger partial charge in [-0.1, -0.05) is 6.07 Å². The molecule has 0 aliphatic carbocycles. The minimum Gasteiger partial charge on any atom is -0.493 e. The lowest BCUT2D eigenvalue weighted by Gasteiger charge is -2.17. The zero-order chi connectivity index (χ0) is 11.4. The standard InChI is InChI=1S/C11H18N2O2/c1-7(12)11(13)8-4-5-9(14-2)10(6-8)15-3/h4-7,11H,12-13H2,1-3H3. The van der Waals surface area contributed by atoms with Gasteiger partial charge in [-0.15, -0.1) is 0 Å². The molecule has 0 fully saturated rings. The molecule has 1 aromatic carbocycles. The number of ether oxygens (including phenoxy) is 2. The van der Waals surface area contributed by atoms with E-state index in [1.807, 2.05) is 25.1 Å². The predicted molar refractivity (Wildman–Crippen MR) is 60.1 cm³/mol. The van der Waals surface area contributed by atoms with Gasteiger partial charge in [0.25, 0.3) is 0 Å². The molecule has 1 rings (SSSR count). The van der Waals surface area contributed by atoms with Gasteiger partial charge >= 0.3 is 0 Å². The lowest BCUT2D eigenvalue weighted by molar-refractivity contribution is 0.354. The van der Waals surface area contributed by atoms with E-state index in [-0.39, 0.29) is 12.1 Å². The van der Waals surface area contributed by atoms with Crippen molar-refractivity contribution in [2.75, 3.05) is 14.2 Å². The summed E-state index contributed by atoms with van der Waals surface area (Å²) >= 11 is 0. The summed E-state index contributed by atoms with van der Waals surface area (Å²) in [5, 5.41) is 0. The second kappa shape index (κ2) is 5.00. The van der Waals surface area contributed by atoms with E-state index < -0.39 is 0 Å². The molecule has 0 saturated heterocycles. The summed E-state index contributed by atoms with van der Waals surface area (Å²) in [7, 11) is 3.20. The highest BCUT2D eigenvalue weighted by molar-refractivity contribution is 5.43. The van der Waals surface area contributed by atoms with Crippen LogP contribution < -0.4 is 20.9 Å². The van der Waals surface area contributed by atoms with Crippen LogP contribution in [0.2, 0.25) is 0 Å². The van der Waals surface area contributed by atoms with Gasteiger partial charge in [-0.2, -0.15) is 0 Å². The predicted octanol–water partition coefficient (Wildman–Crippen LogP) is 1.05. The zero-order valence-electron chi connectivity index (χ0n) is 9.36. The SMILES string of the molecule is COc1ccc(C(N)C(C)N)cc1OC. The van der Waals surface area contributed by atoms with Crippen LogP contribution in [-0.4, -0.2) is 20.3 Å². The van der Waals surface area contributed by atoms with Gasteiger partial charge in [-0.05, 0) is 24.6 Å². The monoisotopic (exact) mass is 210 g/mol. The third-order valence-corrected chi connectivity index (χ3v) is 2.36. The number of nitrogens with two attached hydrogens (primary N) is 2. The molecule has 0 heterocycles. The molecule has 0 bridgehead atoms. The summed E-state index contributed by atoms with van der Waals surface area (Å²) in [6, 6.07) is 5.30. The molecule has 0 aliphatic rings. The lowest BCUT2D eigenvalue weighted by atomic mass is 10.0. The van der Waals surface area contributed by atoms with E-state index in [1.54, 1.807) is 14.2 Å². The van der Waals surface area contributed by atoms with E-state index in [0.717, 1.165) is 5.56 Å². The van der Waals surface area contributed by atoms with Crippen molar-refractivity contribution < 1.29 is 9.47 Å². The first-order valence-corrected chi connectivity index (χ1v) is 4.83. The molecule has 2 unspecified atom stereocenters. The molecule has 0 amide bonds. The van der Waals surface area contributed by atoms with Crippen molar-refractivity contribution >= 4 is 0 Å². The summed E-state index contributed by atoms with van der Waals surface area (Å²) in [4.78, 5) is 0. The van der Waals surface area contributed by atoms with Crippen molar-refractivity contribution in [1.82, 2.24) is 0 Å². The third-order valence-electron chi connectivity index (χ3n) is 2.36. The topological polar surface area (TPSA) is 70.5 Å². The molecule has 15 heavy (non-hydrogen) atoms. The third kappa shape index (κ3) is 2.61. The molecule has 0 aliphatic heterocycles. The van der Waals surface area contributed by atoms with Gasteiger partial charge in [-0.3, -0.25) is 0 Å². The van der Waals surface area contributed by atoms with Crippen molar-refractivity contribution in [1.29, 1.82) is 0 Å². The summed E-state index contributed by atoms with van der Waals surface area (Å²) in [6.07, 6.45) is 0. The van der Waals surface area contributed by atoms with E-state index in [0.29, 0.717) is 11.5 Å². The first-order chi connectivity index (χ1) is 7.10. The van der Waals surface area contributed by atoms with Gasteiger partial charge in [0.15, 0.2) is 11.5 Å². The van der Waals surface area contributed by atoms with Crippen molar-refractivity contribution in [3.8, 4) is 11.5 Å². The summed E-state index contributed by atoms with van der Waals surface area (Å²) in [5.74, 6) is 1.37. The van der Waals surface area contributed by atoms with Gasteiger partial charge in [0.05, 0.1) is 14.2 Å². The van der Waals surface area contributed by atoms with Gasteiger partial charge < -0.3 is 20.9 Å². The van der Waals surface area contributed by atoms with Gasteiger partial charge in [-0.25, -0.2) is 0 Å². The molecule has 4 N–H and O–H groups in total. The molecule has 0 aromatic heterocycles. The molecule has 84 valence electrons. The Bertz CT molecular complexity index is 326. The molecule has 0 spiro atoms. The van der Waals surface area contributed by atoms with Crippen LogP contribution in [0.5, 0.6) is 11.5 Å². The Morgan fingerprint density at radius 2 is 1.67 bits per heavy atom. The van der Waals surface area contributed by atoms with Crippen LogP contribution in [0.15, 0.2) is 18.2 Å². The second-order valence-electron chi connectivity index (χ2n) is 3.50. The Kier molecular flexibility index (Phi) is 3.94. The first-order valence-electron chi connectivity index (χ1n) is 4.83. The summed E-state index contributed by atoms with van der Waals surface area (Å²) < 4.78 is 10.3. The largest absolute Gasteiger partial charge is 0.493 e. The Morgan fingerprint density at radius 3 is 2.13 bits per heavy atom. The number of benzene rings is 1. The Balaban J connectivity index is 3.02. The summed E-state index contributed by atoms with van der Waals surface area (Å²) in [5.41, 5.74) is 12.6. The van der Waals surface area contributed by atoms with Crippen molar-refractivity contribution in [2.24, 2.45) is 11.5 Å². The fourth-order valence-electron chi connectivity index (χ4n) is 1.36. The van der Waals surface area contributed by atoms with E-state index in [2.05, 4.69) is 0 Å². The van der Waals surface area contributed by atoms with E-state index in [9.17, 15) is 0 Å². The molecule has 4 nitrogen and oxygen atoms in total. The maximum atomic E-state index is 5.93. The Labute approximate surface area is 90.2 Å². The van der Waals surface area contributed by atoms with Crippen molar-refractivity contribution in [3.63, 3.8) is 0 Å². The van der Waals surface area contributed by atoms with Gasteiger partial charge in [0.1, 0.15) is 0 Å². The molecule has 1 aromatic rings. The smallest absolute Gasteiger partial charge is 0.161 e.